The maximum absolute atomic E-state index is 13.2. The van der Waals surface area contributed by atoms with Gasteiger partial charge in [0.1, 0.15) is 11.9 Å². The van der Waals surface area contributed by atoms with Crippen LogP contribution in [-0.4, -0.2) is 47.7 Å². The maximum atomic E-state index is 13.2. The molecule has 34 heavy (non-hydrogen) atoms. The summed E-state index contributed by atoms with van der Waals surface area (Å²) in [6.07, 6.45) is 4.75. The molecule has 1 aromatic rings. The second-order valence-electron chi connectivity index (χ2n) is 9.60. The summed E-state index contributed by atoms with van der Waals surface area (Å²) in [6, 6.07) is 4.01. The second kappa shape index (κ2) is 14.0. The first-order valence-electron chi connectivity index (χ1n) is 12.4. The molecule has 1 aromatic carbocycles. The molecule has 0 bridgehead atoms. The number of amides is 2. The van der Waals surface area contributed by atoms with Crippen LogP contribution in [0.2, 0.25) is 0 Å². The van der Waals surface area contributed by atoms with Crippen LogP contribution in [0.25, 0.3) is 0 Å². The fourth-order valence-electron chi connectivity index (χ4n) is 4.46. The zero-order valence-electron chi connectivity index (χ0n) is 20.5. The van der Waals surface area contributed by atoms with Gasteiger partial charge >= 0.3 is 5.97 Å². The Morgan fingerprint density at radius 3 is 2.32 bits per heavy atom. The molecule has 2 amide bonds. The van der Waals surface area contributed by atoms with Gasteiger partial charge in [-0.05, 0) is 49.3 Å². The summed E-state index contributed by atoms with van der Waals surface area (Å²) < 4.78 is 18.1. The number of carbonyl (C=O) groups excluding carboxylic acids is 3. The molecule has 0 heterocycles. The summed E-state index contributed by atoms with van der Waals surface area (Å²) in [5, 5.41) is 16.2. The Bertz CT molecular complexity index is 793. The van der Waals surface area contributed by atoms with Gasteiger partial charge in [0.2, 0.25) is 11.8 Å². The van der Waals surface area contributed by atoms with Gasteiger partial charge in [0.25, 0.3) is 0 Å². The highest BCUT2D eigenvalue weighted by Crippen LogP contribution is 2.28. The lowest BCUT2D eigenvalue weighted by Gasteiger charge is -2.31. The van der Waals surface area contributed by atoms with E-state index in [-0.39, 0.29) is 30.7 Å². The van der Waals surface area contributed by atoms with E-state index in [0.717, 1.165) is 25.7 Å². The van der Waals surface area contributed by atoms with Crippen molar-refractivity contribution in [2.75, 3.05) is 6.61 Å². The Hall–Kier alpha value is -2.48. The molecule has 0 spiro atoms. The van der Waals surface area contributed by atoms with Gasteiger partial charge in [0, 0.05) is 0 Å². The zero-order chi connectivity index (χ0) is 25.1. The molecule has 190 valence electrons. The molecule has 3 atom stereocenters. The molecule has 3 N–H and O–H groups in total. The van der Waals surface area contributed by atoms with Crippen molar-refractivity contribution < 1.29 is 28.6 Å². The van der Waals surface area contributed by atoms with E-state index in [4.69, 9.17) is 4.74 Å². The van der Waals surface area contributed by atoms with E-state index in [1.807, 2.05) is 13.8 Å². The molecule has 8 heteroatoms. The zero-order valence-corrected chi connectivity index (χ0v) is 20.5. The lowest BCUT2D eigenvalue weighted by atomic mass is 9.83. The molecule has 2 rings (SSSR count). The Morgan fingerprint density at radius 2 is 1.74 bits per heavy atom. The fourth-order valence-corrected chi connectivity index (χ4v) is 4.46. The quantitative estimate of drug-likeness (QED) is 0.400. The predicted octanol–water partition coefficient (Wildman–Crippen LogP) is 3.28. The minimum absolute atomic E-state index is 0.0130. The Balaban J connectivity index is 2.09. The Morgan fingerprint density at radius 1 is 1.09 bits per heavy atom. The normalized spacial score (nSPS) is 17.0. The van der Waals surface area contributed by atoms with Crippen LogP contribution < -0.4 is 10.6 Å². The number of esters is 1. The third kappa shape index (κ3) is 9.41. The lowest BCUT2D eigenvalue weighted by molar-refractivity contribution is -0.155. The van der Waals surface area contributed by atoms with Gasteiger partial charge in [-0.2, -0.15) is 0 Å². The highest BCUT2D eigenvalue weighted by atomic mass is 19.1. The molecule has 1 aliphatic rings. The SMILES string of the molecule is CCOC(=O)[C@H](O)[C@H](CC1CCCCC1)NC(=O)[C@H](CC(C)C)NC(=O)Cc1ccc(F)cc1. The van der Waals surface area contributed by atoms with Crippen LogP contribution in [0, 0.1) is 17.7 Å². The molecule has 1 aliphatic carbocycles. The second-order valence-corrected chi connectivity index (χ2v) is 9.60. The molecule has 1 saturated carbocycles. The molecule has 7 nitrogen and oxygen atoms in total. The van der Waals surface area contributed by atoms with Crippen molar-refractivity contribution in [1.29, 1.82) is 0 Å². The van der Waals surface area contributed by atoms with Crippen molar-refractivity contribution >= 4 is 17.8 Å². The van der Waals surface area contributed by atoms with Gasteiger partial charge in [0.05, 0.1) is 19.1 Å². The first-order valence-corrected chi connectivity index (χ1v) is 12.4. The number of rotatable bonds is 12. The summed E-state index contributed by atoms with van der Waals surface area (Å²) in [5.41, 5.74) is 0.635. The number of carbonyl (C=O) groups is 3. The van der Waals surface area contributed by atoms with Crippen LogP contribution in [0.1, 0.15) is 71.3 Å². The molecule has 0 saturated heterocycles. The van der Waals surface area contributed by atoms with Crippen LogP contribution in [-0.2, 0) is 25.5 Å². The number of benzene rings is 1. The molecule has 0 unspecified atom stereocenters. The summed E-state index contributed by atoms with van der Waals surface area (Å²) in [4.78, 5) is 38.1. The van der Waals surface area contributed by atoms with Crippen molar-refractivity contribution in [1.82, 2.24) is 10.6 Å². The molecule has 0 radical (unpaired) electrons. The number of aliphatic hydroxyl groups excluding tert-OH is 1. The molecule has 0 aromatic heterocycles. The number of hydrogen-bond acceptors (Lipinski definition) is 5. The van der Waals surface area contributed by atoms with Crippen LogP contribution in [0.4, 0.5) is 4.39 Å². The number of ether oxygens (including phenoxy) is 1. The van der Waals surface area contributed by atoms with Crippen LogP contribution in [0.5, 0.6) is 0 Å². The highest BCUT2D eigenvalue weighted by molar-refractivity contribution is 5.89. The van der Waals surface area contributed by atoms with E-state index in [0.29, 0.717) is 24.3 Å². The maximum Gasteiger partial charge on any atom is 0.337 e. The topological polar surface area (TPSA) is 105 Å². The number of nitrogens with one attached hydrogen (secondary N) is 2. The van der Waals surface area contributed by atoms with E-state index in [9.17, 15) is 23.9 Å². The van der Waals surface area contributed by atoms with Gasteiger partial charge in [-0.25, -0.2) is 9.18 Å². The molecule has 1 fully saturated rings. The van der Waals surface area contributed by atoms with E-state index in [1.165, 1.54) is 30.7 Å². The highest BCUT2D eigenvalue weighted by Gasteiger charge is 2.33. The van der Waals surface area contributed by atoms with Gasteiger partial charge in [-0.15, -0.1) is 0 Å². The van der Waals surface area contributed by atoms with Crippen molar-refractivity contribution in [2.24, 2.45) is 11.8 Å². The van der Waals surface area contributed by atoms with Crippen LogP contribution >= 0.6 is 0 Å². The smallest absolute Gasteiger partial charge is 0.337 e. The van der Waals surface area contributed by atoms with Crippen molar-refractivity contribution in [3.8, 4) is 0 Å². The molecular formula is C26H39FN2O5. The van der Waals surface area contributed by atoms with Crippen LogP contribution in [0.15, 0.2) is 24.3 Å². The average molecular weight is 479 g/mol. The van der Waals surface area contributed by atoms with E-state index < -0.39 is 30.1 Å². The van der Waals surface area contributed by atoms with Crippen molar-refractivity contribution in [3.05, 3.63) is 35.6 Å². The van der Waals surface area contributed by atoms with Crippen molar-refractivity contribution in [2.45, 2.75) is 90.3 Å². The number of aliphatic hydroxyl groups is 1. The van der Waals surface area contributed by atoms with Gasteiger partial charge in [0.15, 0.2) is 6.10 Å². The third-order valence-corrected chi connectivity index (χ3v) is 6.19. The monoisotopic (exact) mass is 478 g/mol. The minimum Gasteiger partial charge on any atom is -0.464 e. The standard InChI is InChI=1S/C26H39FN2O5/c1-4-34-26(33)24(31)21(15-18-8-6-5-7-9-18)29-25(32)22(14-17(2)3)28-23(30)16-19-10-12-20(27)13-11-19/h10-13,17-18,21-22,24,31H,4-9,14-16H2,1-3H3,(H,28,30)(H,29,32)/t21-,22-,24+/m0/s1. The van der Waals surface area contributed by atoms with E-state index in [2.05, 4.69) is 10.6 Å². The van der Waals surface area contributed by atoms with E-state index in [1.54, 1.807) is 6.92 Å². The van der Waals surface area contributed by atoms with Gasteiger partial charge in [-0.1, -0.05) is 58.1 Å². The Kier molecular flexibility index (Phi) is 11.5. The Labute approximate surface area is 201 Å². The van der Waals surface area contributed by atoms with Crippen molar-refractivity contribution in [3.63, 3.8) is 0 Å². The number of hydrogen-bond donors (Lipinski definition) is 3. The lowest BCUT2D eigenvalue weighted by Crippen LogP contribution is -2.55. The van der Waals surface area contributed by atoms with Crippen LogP contribution in [0.3, 0.4) is 0 Å². The molecular weight excluding hydrogens is 439 g/mol. The van der Waals surface area contributed by atoms with Gasteiger partial charge in [-0.3, -0.25) is 9.59 Å². The van der Waals surface area contributed by atoms with E-state index >= 15 is 0 Å². The van der Waals surface area contributed by atoms with Gasteiger partial charge < -0.3 is 20.5 Å². The summed E-state index contributed by atoms with van der Waals surface area (Å²) in [5.74, 6) is -1.52. The minimum atomic E-state index is -1.47. The molecule has 0 aliphatic heterocycles. The predicted molar refractivity (Wildman–Crippen MR) is 127 cm³/mol. The third-order valence-electron chi connectivity index (χ3n) is 6.19. The summed E-state index contributed by atoms with van der Waals surface area (Å²) >= 11 is 0. The average Bonchev–Trinajstić information content (AvgIpc) is 2.79. The number of halogens is 1. The largest absolute Gasteiger partial charge is 0.464 e. The summed E-state index contributed by atoms with van der Waals surface area (Å²) in [6.45, 7) is 5.68. The summed E-state index contributed by atoms with van der Waals surface area (Å²) in [7, 11) is 0. The fraction of sp³-hybridized carbons (Fsp3) is 0.654. The first-order chi connectivity index (χ1) is 16.2. The first kappa shape index (κ1) is 27.8.